The summed E-state index contributed by atoms with van der Waals surface area (Å²) in [4.78, 5) is 25.1. The monoisotopic (exact) mass is 396 g/mol. The Kier molecular flexibility index (Phi) is 4.75. The number of aromatic nitrogens is 2. The number of nitrogens with zero attached hydrogens (tertiary/aromatic N) is 2. The van der Waals surface area contributed by atoms with E-state index in [2.05, 4.69) is 15.7 Å². The van der Waals surface area contributed by atoms with Crippen molar-refractivity contribution in [1.82, 2.24) is 9.78 Å². The Balaban J connectivity index is 1.66. The van der Waals surface area contributed by atoms with E-state index in [1.807, 2.05) is 24.3 Å². The minimum atomic E-state index is -0.771. The van der Waals surface area contributed by atoms with Crippen molar-refractivity contribution in [2.75, 3.05) is 17.7 Å². The molecule has 0 saturated carbocycles. The molecule has 8 heteroatoms. The number of amides is 2. The van der Waals surface area contributed by atoms with Crippen LogP contribution in [0.3, 0.4) is 0 Å². The molecule has 3 aromatic rings. The average molecular weight is 397 g/mol. The summed E-state index contributed by atoms with van der Waals surface area (Å²) >= 11 is 6.12. The number of halogens is 1. The van der Waals surface area contributed by atoms with E-state index < -0.39 is 6.04 Å². The fraction of sp³-hybridized carbons (Fsp3) is 0.150. The topological polar surface area (TPSA) is 85.2 Å². The highest BCUT2D eigenvalue weighted by Crippen LogP contribution is 2.35. The zero-order valence-electron chi connectivity index (χ0n) is 15.0. The predicted molar refractivity (Wildman–Crippen MR) is 107 cm³/mol. The van der Waals surface area contributed by atoms with Crippen LogP contribution in [0.2, 0.25) is 5.02 Å². The summed E-state index contributed by atoms with van der Waals surface area (Å²) in [5, 5.41) is 10.4. The summed E-state index contributed by atoms with van der Waals surface area (Å²) in [5.74, 6) is 0.613. The van der Waals surface area contributed by atoms with Gasteiger partial charge in [0.05, 0.1) is 30.4 Å². The van der Waals surface area contributed by atoms with Gasteiger partial charge in [-0.05, 0) is 29.8 Å². The van der Waals surface area contributed by atoms with Crippen LogP contribution >= 0.6 is 11.6 Å². The number of carbonyl (C=O) groups excluding carboxylic acids is 2. The zero-order valence-corrected chi connectivity index (χ0v) is 15.7. The Bertz CT molecular complexity index is 1050. The Morgan fingerprint density at radius 3 is 2.71 bits per heavy atom. The first-order valence-corrected chi connectivity index (χ1v) is 9.02. The van der Waals surface area contributed by atoms with Crippen LogP contribution in [-0.4, -0.2) is 28.7 Å². The summed E-state index contributed by atoms with van der Waals surface area (Å²) in [5.41, 5.74) is 2.07. The highest BCUT2D eigenvalue weighted by atomic mass is 35.5. The predicted octanol–water partition coefficient (Wildman–Crippen LogP) is 3.73. The number of hydrogen-bond donors (Lipinski definition) is 2. The highest BCUT2D eigenvalue weighted by molar-refractivity contribution is 6.33. The molecule has 2 heterocycles. The van der Waals surface area contributed by atoms with Gasteiger partial charge in [-0.25, -0.2) is 4.68 Å². The summed E-state index contributed by atoms with van der Waals surface area (Å²) in [6, 6.07) is 13.6. The number of ether oxygens (including phenoxy) is 1. The van der Waals surface area contributed by atoms with Gasteiger partial charge in [-0.2, -0.15) is 5.10 Å². The van der Waals surface area contributed by atoms with Crippen molar-refractivity contribution >= 4 is 34.9 Å². The van der Waals surface area contributed by atoms with Gasteiger partial charge in [0.15, 0.2) is 0 Å². The molecule has 142 valence electrons. The maximum absolute atomic E-state index is 12.8. The third kappa shape index (κ3) is 3.32. The van der Waals surface area contributed by atoms with Crippen molar-refractivity contribution in [3.05, 3.63) is 59.8 Å². The lowest BCUT2D eigenvalue weighted by Crippen LogP contribution is -2.35. The lowest BCUT2D eigenvalue weighted by Gasteiger charge is -2.24. The van der Waals surface area contributed by atoms with E-state index in [-0.39, 0.29) is 18.2 Å². The SMILES string of the molecule is COc1ccc(-c2cnn3c2NC(=O)CC3C(=O)Nc2ccccc2Cl)cc1. The first-order valence-electron chi connectivity index (χ1n) is 8.64. The van der Waals surface area contributed by atoms with Crippen molar-refractivity contribution in [1.29, 1.82) is 0 Å². The average Bonchev–Trinajstić information content (AvgIpc) is 3.12. The van der Waals surface area contributed by atoms with Crippen LogP contribution < -0.4 is 15.4 Å². The molecule has 1 atom stereocenters. The number of fused-ring (bicyclic) bond motifs is 1. The van der Waals surface area contributed by atoms with Crippen LogP contribution in [0.1, 0.15) is 12.5 Å². The smallest absolute Gasteiger partial charge is 0.249 e. The van der Waals surface area contributed by atoms with E-state index in [0.717, 1.165) is 16.9 Å². The maximum Gasteiger partial charge on any atom is 0.249 e. The van der Waals surface area contributed by atoms with Crippen LogP contribution in [0, 0.1) is 0 Å². The molecule has 1 unspecified atom stereocenters. The van der Waals surface area contributed by atoms with Gasteiger partial charge in [0.2, 0.25) is 11.8 Å². The van der Waals surface area contributed by atoms with Crippen LogP contribution in [0.15, 0.2) is 54.7 Å². The van der Waals surface area contributed by atoms with Gasteiger partial charge < -0.3 is 15.4 Å². The van der Waals surface area contributed by atoms with Gasteiger partial charge in [-0.3, -0.25) is 9.59 Å². The van der Waals surface area contributed by atoms with Crippen LogP contribution in [0.5, 0.6) is 5.75 Å². The first-order chi connectivity index (χ1) is 13.6. The number of para-hydroxylation sites is 1. The van der Waals surface area contributed by atoms with Crippen LogP contribution in [0.4, 0.5) is 11.5 Å². The quantitative estimate of drug-likeness (QED) is 0.703. The van der Waals surface area contributed by atoms with Crippen molar-refractivity contribution in [2.24, 2.45) is 0 Å². The summed E-state index contributed by atoms with van der Waals surface area (Å²) in [6.45, 7) is 0. The molecule has 28 heavy (non-hydrogen) atoms. The van der Waals surface area contributed by atoms with E-state index in [0.29, 0.717) is 16.5 Å². The molecule has 2 aromatic carbocycles. The second-order valence-corrected chi connectivity index (χ2v) is 6.72. The van der Waals surface area contributed by atoms with E-state index >= 15 is 0 Å². The Morgan fingerprint density at radius 1 is 1.25 bits per heavy atom. The second kappa shape index (κ2) is 7.36. The van der Waals surface area contributed by atoms with Crippen molar-refractivity contribution in [3.8, 4) is 16.9 Å². The Hall–Kier alpha value is -3.32. The van der Waals surface area contributed by atoms with Crippen molar-refractivity contribution in [3.63, 3.8) is 0 Å². The number of hydrogen-bond acceptors (Lipinski definition) is 4. The summed E-state index contributed by atoms with van der Waals surface area (Å²) in [7, 11) is 1.60. The molecule has 7 nitrogen and oxygen atoms in total. The normalized spacial score (nSPS) is 15.5. The molecule has 0 saturated heterocycles. The molecule has 1 aromatic heterocycles. The van der Waals surface area contributed by atoms with E-state index in [4.69, 9.17) is 16.3 Å². The van der Waals surface area contributed by atoms with Gasteiger partial charge in [0.1, 0.15) is 17.6 Å². The minimum Gasteiger partial charge on any atom is -0.497 e. The number of nitrogens with one attached hydrogen (secondary N) is 2. The number of methoxy groups -OCH3 is 1. The van der Waals surface area contributed by atoms with E-state index in [1.165, 1.54) is 4.68 Å². The molecule has 1 aliphatic heterocycles. The third-order valence-electron chi connectivity index (χ3n) is 4.56. The third-order valence-corrected chi connectivity index (χ3v) is 4.89. The molecule has 2 amide bonds. The van der Waals surface area contributed by atoms with Gasteiger partial charge in [0.25, 0.3) is 0 Å². The number of anilines is 2. The van der Waals surface area contributed by atoms with Gasteiger partial charge >= 0.3 is 0 Å². The fourth-order valence-corrected chi connectivity index (χ4v) is 3.32. The maximum atomic E-state index is 12.8. The zero-order chi connectivity index (χ0) is 19.7. The first kappa shape index (κ1) is 18.1. The van der Waals surface area contributed by atoms with Gasteiger partial charge in [-0.1, -0.05) is 35.9 Å². The molecule has 0 radical (unpaired) electrons. The second-order valence-electron chi connectivity index (χ2n) is 6.32. The molecular weight excluding hydrogens is 380 g/mol. The molecule has 4 rings (SSSR count). The van der Waals surface area contributed by atoms with Gasteiger partial charge in [-0.15, -0.1) is 0 Å². The minimum absolute atomic E-state index is 0.00693. The lowest BCUT2D eigenvalue weighted by molar-refractivity contribution is -0.125. The Labute approximate surface area is 166 Å². The molecule has 0 aliphatic carbocycles. The number of benzene rings is 2. The van der Waals surface area contributed by atoms with Crippen molar-refractivity contribution in [2.45, 2.75) is 12.5 Å². The van der Waals surface area contributed by atoms with E-state index in [1.54, 1.807) is 37.6 Å². The summed E-state index contributed by atoms with van der Waals surface area (Å²) in [6.07, 6.45) is 1.63. The molecule has 0 bridgehead atoms. The molecule has 1 aliphatic rings. The number of rotatable bonds is 4. The van der Waals surface area contributed by atoms with E-state index in [9.17, 15) is 9.59 Å². The van der Waals surface area contributed by atoms with Crippen LogP contribution in [-0.2, 0) is 9.59 Å². The fourth-order valence-electron chi connectivity index (χ4n) is 3.13. The largest absolute Gasteiger partial charge is 0.497 e. The number of carbonyl (C=O) groups is 2. The molecular formula is C20H17ClN4O3. The standard InChI is InChI=1S/C20H17ClN4O3/c1-28-13-8-6-12(7-9-13)14-11-22-25-17(10-18(26)24-19(14)25)20(27)23-16-5-3-2-4-15(16)21/h2-9,11,17H,10H2,1H3,(H,23,27)(H,24,26). The molecule has 0 spiro atoms. The van der Waals surface area contributed by atoms with Gasteiger partial charge in [0, 0.05) is 5.56 Å². The summed E-state index contributed by atoms with van der Waals surface area (Å²) < 4.78 is 6.71. The van der Waals surface area contributed by atoms with Crippen molar-refractivity contribution < 1.29 is 14.3 Å². The lowest BCUT2D eigenvalue weighted by atomic mass is 10.1. The highest BCUT2D eigenvalue weighted by Gasteiger charge is 2.33. The Morgan fingerprint density at radius 2 is 2.00 bits per heavy atom. The van der Waals surface area contributed by atoms with Crippen LogP contribution in [0.25, 0.3) is 11.1 Å². The molecule has 0 fully saturated rings. The molecule has 2 N–H and O–H groups in total.